The van der Waals surface area contributed by atoms with E-state index in [2.05, 4.69) is 15.3 Å². The number of hydrogen-bond acceptors (Lipinski definition) is 5. The maximum absolute atomic E-state index is 13.7. The molecule has 2 amide bonds. The number of anilines is 1. The van der Waals surface area contributed by atoms with Crippen molar-refractivity contribution >= 4 is 34.5 Å². The van der Waals surface area contributed by atoms with E-state index < -0.39 is 11.7 Å². The fourth-order valence-electron chi connectivity index (χ4n) is 5.29. The molecule has 4 aromatic rings. The van der Waals surface area contributed by atoms with Crippen molar-refractivity contribution in [1.82, 2.24) is 29.5 Å². The maximum Gasteiger partial charge on any atom is 0.416 e. The molecule has 202 valence electrons. The van der Waals surface area contributed by atoms with Gasteiger partial charge in [-0.1, -0.05) is 17.7 Å². The molecule has 0 bridgehead atoms. The number of carbonyl (C=O) groups excluding carboxylic acids is 1. The lowest BCUT2D eigenvalue weighted by molar-refractivity contribution is -0.138. The minimum Gasteiger partial charge on any atom is -0.337 e. The third-order valence-corrected chi connectivity index (χ3v) is 7.58. The van der Waals surface area contributed by atoms with Crippen molar-refractivity contribution in [3.05, 3.63) is 75.3 Å². The summed E-state index contributed by atoms with van der Waals surface area (Å²) in [5.41, 5.74) is 0.716. The van der Waals surface area contributed by atoms with Crippen molar-refractivity contribution < 1.29 is 18.0 Å². The van der Waals surface area contributed by atoms with Crippen molar-refractivity contribution in [2.75, 3.05) is 31.1 Å². The van der Waals surface area contributed by atoms with Crippen LogP contribution in [0.3, 0.4) is 0 Å². The van der Waals surface area contributed by atoms with Crippen LogP contribution in [0.2, 0.25) is 5.02 Å². The number of alkyl halides is 3. The Kier molecular flexibility index (Phi) is 6.01. The summed E-state index contributed by atoms with van der Waals surface area (Å²) in [6.45, 7) is 2.23. The van der Waals surface area contributed by atoms with Crippen molar-refractivity contribution in [1.29, 1.82) is 0 Å². The molecule has 1 N–H and O–H groups in total. The molecule has 2 saturated heterocycles. The SMILES string of the molecule is Cn1c(=O)c2ccc(-c3cnc(N4CCN5C(=O)NC[C@H]5C4)nc3)cc2n1Cc1cc(Cl)ccc1C(F)(F)F. The van der Waals surface area contributed by atoms with E-state index in [0.717, 1.165) is 6.07 Å². The van der Waals surface area contributed by atoms with Crippen LogP contribution in [-0.2, 0) is 19.8 Å². The van der Waals surface area contributed by atoms with Crippen molar-refractivity contribution in [3.63, 3.8) is 0 Å². The number of piperazine rings is 1. The van der Waals surface area contributed by atoms with Crippen LogP contribution >= 0.6 is 11.6 Å². The zero-order chi connectivity index (χ0) is 27.5. The Balaban J connectivity index is 1.32. The van der Waals surface area contributed by atoms with Crippen molar-refractivity contribution in [2.24, 2.45) is 7.05 Å². The molecule has 2 fully saturated rings. The molecule has 9 nitrogen and oxygen atoms in total. The number of hydrogen-bond donors (Lipinski definition) is 1. The van der Waals surface area contributed by atoms with Gasteiger partial charge < -0.3 is 15.1 Å². The smallest absolute Gasteiger partial charge is 0.337 e. The van der Waals surface area contributed by atoms with Gasteiger partial charge >= 0.3 is 12.2 Å². The highest BCUT2D eigenvalue weighted by molar-refractivity contribution is 6.30. The molecule has 6 rings (SSSR count). The van der Waals surface area contributed by atoms with Gasteiger partial charge in [0.15, 0.2) is 0 Å². The first-order valence-corrected chi connectivity index (χ1v) is 12.6. The Hall–Kier alpha value is -4.06. The van der Waals surface area contributed by atoms with Gasteiger partial charge in [0, 0.05) is 56.2 Å². The molecule has 13 heteroatoms. The second kappa shape index (κ2) is 9.30. The summed E-state index contributed by atoms with van der Waals surface area (Å²) in [5.74, 6) is 0.552. The number of benzene rings is 2. The predicted molar refractivity (Wildman–Crippen MR) is 140 cm³/mol. The Bertz CT molecular complexity index is 1650. The lowest BCUT2D eigenvalue weighted by Gasteiger charge is -2.36. The van der Waals surface area contributed by atoms with Crippen LogP contribution in [0.1, 0.15) is 11.1 Å². The number of carbonyl (C=O) groups is 1. The van der Waals surface area contributed by atoms with E-state index in [1.165, 1.54) is 28.5 Å². The summed E-state index contributed by atoms with van der Waals surface area (Å²) < 4.78 is 43.8. The van der Waals surface area contributed by atoms with E-state index in [-0.39, 0.29) is 34.8 Å². The number of halogens is 4. The summed E-state index contributed by atoms with van der Waals surface area (Å²) in [6, 6.07) is 8.62. The van der Waals surface area contributed by atoms with Gasteiger partial charge in [-0.2, -0.15) is 13.2 Å². The van der Waals surface area contributed by atoms with Crippen molar-refractivity contribution in [2.45, 2.75) is 18.8 Å². The Labute approximate surface area is 225 Å². The maximum atomic E-state index is 13.7. The number of amides is 2. The van der Waals surface area contributed by atoms with Gasteiger partial charge in [0.1, 0.15) is 0 Å². The molecule has 0 saturated carbocycles. The average molecular weight is 558 g/mol. The minimum atomic E-state index is -4.57. The highest BCUT2D eigenvalue weighted by Crippen LogP contribution is 2.34. The van der Waals surface area contributed by atoms with Crippen LogP contribution in [0.5, 0.6) is 0 Å². The molecule has 0 unspecified atom stereocenters. The largest absolute Gasteiger partial charge is 0.416 e. The molecule has 2 aromatic heterocycles. The number of urea groups is 1. The molecule has 1 atom stereocenters. The lowest BCUT2D eigenvalue weighted by atomic mass is 10.1. The van der Waals surface area contributed by atoms with E-state index in [1.807, 2.05) is 9.80 Å². The molecular formula is C26H23ClF3N7O2. The number of nitrogens with zero attached hydrogens (tertiary/aromatic N) is 6. The molecule has 39 heavy (non-hydrogen) atoms. The van der Waals surface area contributed by atoms with E-state index in [9.17, 15) is 22.8 Å². The molecule has 2 aliphatic rings. The lowest BCUT2D eigenvalue weighted by Crippen LogP contribution is -2.52. The van der Waals surface area contributed by atoms with Crippen LogP contribution < -0.4 is 15.8 Å². The molecule has 4 heterocycles. The number of rotatable bonds is 4. The fourth-order valence-corrected chi connectivity index (χ4v) is 5.49. The third-order valence-electron chi connectivity index (χ3n) is 7.34. The molecule has 2 aromatic carbocycles. The summed E-state index contributed by atoms with van der Waals surface area (Å²) in [4.78, 5) is 37.7. The van der Waals surface area contributed by atoms with E-state index in [1.54, 1.807) is 30.6 Å². The zero-order valence-corrected chi connectivity index (χ0v) is 21.5. The fraction of sp³-hybridized carbons (Fsp3) is 0.308. The summed E-state index contributed by atoms with van der Waals surface area (Å²) in [6.07, 6.45) is -1.21. The molecule has 0 radical (unpaired) electrons. The first-order valence-electron chi connectivity index (χ1n) is 12.3. The first-order chi connectivity index (χ1) is 18.6. The van der Waals surface area contributed by atoms with Gasteiger partial charge in [0.25, 0.3) is 5.56 Å². The second-order valence-electron chi connectivity index (χ2n) is 9.67. The van der Waals surface area contributed by atoms with Gasteiger partial charge in [0.05, 0.1) is 29.1 Å². The summed E-state index contributed by atoms with van der Waals surface area (Å²) in [7, 11) is 1.52. The van der Waals surface area contributed by atoms with Gasteiger partial charge in [-0.3, -0.25) is 14.2 Å². The Morgan fingerprint density at radius 3 is 2.56 bits per heavy atom. The number of fused-ring (bicyclic) bond motifs is 2. The van der Waals surface area contributed by atoms with Crippen LogP contribution in [0.25, 0.3) is 22.0 Å². The van der Waals surface area contributed by atoms with Crippen LogP contribution in [0, 0.1) is 0 Å². The topological polar surface area (TPSA) is 88.3 Å². The van der Waals surface area contributed by atoms with Crippen LogP contribution in [0.4, 0.5) is 23.9 Å². The number of nitrogens with one attached hydrogen (secondary N) is 1. The molecule has 0 spiro atoms. The van der Waals surface area contributed by atoms with E-state index in [4.69, 9.17) is 11.6 Å². The highest BCUT2D eigenvalue weighted by Gasteiger charge is 2.36. The summed E-state index contributed by atoms with van der Waals surface area (Å²) >= 11 is 6.02. The second-order valence-corrected chi connectivity index (χ2v) is 10.1. The Morgan fingerprint density at radius 2 is 1.82 bits per heavy atom. The first kappa shape index (κ1) is 25.2. The molecule has 0 aliphatic carbocycles. The van der Waals surface area contributed by atoms with Crippen LogP contribution in [0.15, 0.2) is 53.6 Å². The standard InChI is InChI=1S/C26H23ClF3N7O2/c1-34-23(38)20-4-2-15(9-22(20)37(34)13-16-8-18(27)3-5-21(16)26(28,29)30)17-10-31-24(32-11-17)35-6-7-36-19(14-35)12-33-25(36)39/h2-5,8-11,19H,6-7,12-14H2,1H3,(H,33,39)/t19-/m0/s1. The normalized spacial score (nSPS) is 17.6. The predicted octanol–water partition coefficient (Wildman–Crippen LogP) is 3.73. The van der Waals surface area contributed by atoms with Gasteiger partial charge in [-0.05, 0) is 41.5 Å². The van der Waals surface area contributed by atoms with Gasteiger partial charge in [0.2, 0.25) is 5.95 Å². The minimum absolute atomic E-state index is 0.0418. The quantitative estimate of drug-likeness (QED) is 0.413. The monoisotopic (exact) mass is 557 g/mol. The van der Waals surface area contributed by atoms with Crippen LogP contribution in [-0.4, -0.2) is 62.5 Å². The van der Waals surface area contributed by atoms with Gasteiger partial charge in [-0.25, -0.2) is 14.8 Å². The zero-order valence-electron chi connectivity index (χ0n) is 20.7. The summed E-state index contributed by atoms with van der Waals surface area (Å²) in [5, 5.41) is 3.41. The molecular weight excluding hydrogens is 535 g/mol. The average Bonchev–Trinajstić information content (AvgIpc) is 3.40. The van der Waals surface area contributed by atoms with E-state index >= 15 is 0 Å². The van der Waals surface area contributed by atoms with E-state index in [0.29, 0.717) is 54.2 Å². The van der Waals surface area contributed by atoms with Crippen molar-refractivity contribution in [3.8, 4) is 11.1 Å². The molecule has 2 aliphatic heterocycles. The van der Waals surface area contributed by atoms with Gasteiger partial charge in [-0.15, -0.1) is 0 Å². The Morgan fingerprint density at radius 1 is 1.05 bits per heavy atom. The highest BCUT2D eigenvalue weighted by atomic mass is 35.5. The number of aromatic nitrogens is 4. The third kappa shape index (κ3) is 4.48.